The molecule has 0 bridgehead atoms. The number of para-hydroxylation sites is 1. The van der Waals surface area contributed by atoms with Crippen molar-refractivity contribution in [2.24, 2.45) is 0 Å². The predicted octanol–water partition coefficient (Wildman–Crippen LogP) is 3.03. The van der Waals surface area contributed by atoms with Gasteiger partial charge < -0.3 is 10.2 Å². The van der Waals surface area contributed by atoms with Crippen LogP contribution in [-0.4, -0.2) is 26.2 Å². The highest BCUT2D eigenvalue weighted by atomic mass is 79.9. The van der Waals surface area contributed by atoms with Crippen molar-refractivity contribution in [3.8, 4) is 0 Å². The Balaban J connectivity index is 1.96. The molecule has 1 atom stereocenters. The van der Waals surface area contributed by atoms with Crippen LogP contribution in [-0.2, 0) is 0 Å². The third-order valence-corrected chi connectivity index (χ3v) is 3.84. The zero-order valence-corrected chi connectivity index (χ0v) is 11.3. The molecule has 1 unspecified atom stereocenters. The average molecular weight is 283 g/mol. The van der Waals surface area contributed by atoms with Gasteiger partial charge in [0.2, 0.25) is 0 Å². The fourth-order valence-corrected chi connectivity index (χ4v) is 2.86. The van der Waals surface area contributed by atoms with E-state index in [1.54, 1.807) is 0 Å². The van der Waals surface area contributed by atoms with Crippen LogP contribution in [0.1, 0.15) is 19.3 Å². The molecule has 1 aromatic rings. The van der Waals surface area contributed by atoms with E-state index in [-0.39, 0.29) is 0 Å². The van der Waals surface area contributed by atoms with Crippen molar-refractivity contribution in [3.63, 3.8) is 0 Å². The van der Waals surface area contributed by atoms with Crippen LogP contribution in [0, 0.1) is 0 Å². The first-order chi connectivity index (χ1) is 7.77. The summed E-state index contributed by atoms with van der Waals surface area (Å²) in [6, 6.07) is 9.05. The molecule has 0 saturated carbocycles. The maximum absolute atomic E-state index is 3.60. The Labute approximate surface area is 106 Å². The highest BCUT2D eigenvalue weighted by Crippen LogP contribution is 2.25. The predicted molar refractivity (Wildman–Crippen MR) is 73.1 cm³/mol. The largest absolute Gasteiger partial charge is 0.372 e. The summed E-state index contributed by atoms with van der Waals surface area (Å²) in [7, 11) is 2.16. The van der Waals surface area contributed by atoms with Crippen LogP contribution in [0.15, 0.2) is 28.7 Å². The minimum Gasteiger partial charge on any atom is -0.372 e. The fraction of sp³-hybridized carbons (Fsp3) is 0.538. The number of nitrogens with zero attached hydrogens (tertiary/aromatic N) is 1. The monoisotopic (exact) mass is 282 g/mol. The van der Waals surface area contributed by atoms with Crippen LogP contribution >= 0.6 is 15.9 Å². The van der Waals surface area contributed by atoms with Crippen LogP contribution in [0.3, 0.4) is 0 Å². The molecule has 0 spiro atoms. The maximum Gasteiger partial charge on any atom is 0.0508 e. The number of halogens is 1. The van der Waals surface area contributed by atoms with Crippen molar-refractivity contribution in [1.82, 2.24) is 5.32 Å². The van der Waals surface area contributed by atoms with Gasteiger partial charge in [0.05, 0.1) is 5.69 Å². The third-order valence-electron chi connectivity index (χ3n) is 3.17. The first-order valence-corrected chi connectivity index (χ1v) is 6.76. The summed E-state index contributed by atoms with van der Waals surface area (Å²) in [5.74, 6) is 0. The third kappa shape index (κ3) is 2.98. The molecule has 2 rings (SSSR count). The Morgan fingerprint density at radius 3 is 2.88 bits per heavy atom. The van der Waals surface area contributed by atoms with Gasteiger partial charge in [-0.1, -0.05) is 18.6 Å². The zero-order chi connectivity index (χ0) is 11.4. The number of likely N-dealkylation sites (N-methyl/N-ethyl adjacent to an activating group) is 1. The minimum atomic E-state index is 0.644. The lowest BCUT2D eigenvalue weighted by atomic mass is 10.0. The number of rotatable bonds is 3. The van der Waals surface area contributed by atoms with E-state index in [9.17, 15) is 0 Å². The highest BCUT2D eigenvalue weighted by molar-refractivity contribution is 9.10. The van der Waals surface area contributed by atoms with Gasteiger partial charge in [0.15, 0.2) is 0 Å². The van der Waals surface area contributed by atoms with E-state index in [1.165, 1.54) is 36.0 Å². The first-order valence-electron chi connectivity index (χ1n) is 5.96. The average Bonchev–Trinajstić information content (AvgIpc) is 2.31. The molecule has 1 heterocycles. The van der Waals surface area contributed by atoms with Crippen molar-refractivity contribution in [2.45, 2.75) is 25.3 Å². The molecular formula is C13H19BrN2. The molecule has 3 heteroatoms. The fourth-order valence-electron chi connectivity index (χ4n) is 2.27. The molecule has 0 aliphatic carbocycles. The number of hydrogen-bond acceptors (Lipinski definition) is 2. The second-order valence-electron chi connectivity index (χ2n) is 4.48. The Kier molecular flexibility index (Phi) is 4.24. The molecule has 1 saturated heterocycles. The standard InChI is InChI=1S/C13H19BrN2/c1-16(10-11-6-4-5-9-15-11)13-8-3-2-7-12(13)14/h2-3,7-8,11,15H,4-6,9-10H2,1H3. The lowest BCUT2D eigenvalue weighted by Gasteiger charge is -2.29. The van der Waals surface area contributed by atoms with Crippen molar-refractivity contribution in [3.05, 3.63) is 28.7 Å². The molecule has 1 fully saturated rings. The van der Waals surface area contributed by atoms with Crippen LogP contribution in [0.4, 0.5) is 5.69 Å². The van der Waals surface area contributed by atoms with E-state index >= 15 is 0 Å². The smallest absolute Gasteiger partial charge is 0.0508 e. The molecule has 1 N–H and O–H groups in total. The molecule has 0 radical (unpaired) electrons. The summed E-state index contributed by atoms with van der Waals surface area (Å²) in [4.78, 5) is 2.33. The van der Waals surface area contributed by atoms with Gasteiger partial charge in [0, 0.05) is 24.1 Å². The van der Waals surface area contributed by atoms with Crippen LogP contribution in [0.5, 0.6) is 0 Å². The van der Waals surface area contributed by atoms with E-state index in [0.29, 0.717) is 6.04 Å². The molecule has 2 nitrogen and oxygen atoms in total. The summed E-state index contributed by atoms with van der Waals surface area (Å²) in [6.45, 7) is 2.26. The first kappa shape index (κ1) is 11.9. The number of anilines is 1. The van der Waals surface area contributed by atoms with Crippen molar-refractivity contribution in [1.29, 1.82) is 0 Å². The molecule has 88 valence electrons. The number of piperidine rings is 1. The van der Waals surface area contributed by atoms with Crippen LogP contribution in [0.25, 0.3) is 0 Å². The molecular weight excluding hydrogens is 264 g/mol. The zero-order valence-electron chi connectivity index (χ0n) is 9.75. The Hall–Kier alpha value is -0.540. The molecule has 0 aromatic heterocycles. The summed E-state index contributed by atoms with van der Waals surface area (Å²) in [5, 5.41) is 3.58. The minimum absolute atomic E-state index is 0.644. The normalized spacial score (nSPS) is 20.8. The Morgan fingerprint density at radius 2 is 2.19 bits per heavy atom. The molecule has 1 aliphatic heterocycles. The summed E-state index contributed by atoms with van der Waals surface area (Å²) in [6.07, 6.45) is 3.99. The quantitative estimate of drug-likeness (QED) is 0.917. The second kappa shape index (κ2) is 5.69. The van der Waals surface area contributed by atoms with E-state index < -0.39 is 0 Å². The number of hydrogen-bond donors (Lipinski definition) is 1. The van der Waals surface area contributed by atoms with Gasteiger partial charge >= 0.3 is 0 Å². The van der Waals surface area contributed by atoms with Crippen molar-refractivity contribution < 1.29 is 0 Å². The number of benzene rings is 1. The topological polar surface area (TPSA) is 15.3 Å². The van der Waals surface area contributed by atoms with Crippen LogP contribution in [0.2, 0.25) is 0 Å². The van der Waals surface area contributed by atoms with E-state index in [1.807, 2.05) is 0 Å². The summed E-state index contributed by atoms with van der Waals surface area (Å²) < 4.78 is 1.17. The van der Waals surface area contributed by atoms with E-state index in [2.05, 4.69) is 57.5 Å². The van der Waals surface area contributed by atoms with Gasteiger partial charge in [-0.3, -0.25) is 0 Å². The molecule has 1 aliphatic rings. The molecule has 16 heavy (non-hydrogen) atoms. The van der Waals surface area contributed by atoms with Gasteiger partial charge in [0.1, 0.15) is 0 Å². The van der Waals surface area contributed by atoms with Crippen molar-refractivity contribution in [2.75, 3.05) is 25.0 Å². The SMILES string of the molecule is CN(CC1CCCCN1)c1ccccc1Br. The Morgan fingerprint density at radius 1 is 1.38 bits per heavy atom. The Bertz CT molecular complexity index is 334. The van der Waals surface area contributed by atoms with Gasteiger partial charge in [-0.15, -0.1) is 0 Å². The highest BCUT2D eigenvalue weighted by Gasteiger charge is 2.15. The summed E-state index contributed by atoms with van der Waals surface area (Å²) >= 11 is 3.60. The van der Waals surface area contributed by atoms with Gasteiger partial charge in [-0.2, -0.15) is 0 Å². The van der Waals surface area contributed by atoms with Gasteiger partial charge in [-0.05, 0) is 47.4 Å². The van der Waals surface area contributed by atoms with E-state index in [4.69, 9.17) is 0 Å². The molecule has 0 amide bonds. The summed E-state index contributed by atoms with van der Waals surface area (Å²) in [5.41, 5.74) is 1.27. The van der Waals surface area contributed by atoms with Gasteiger partial charge in [-0.25, -0.2) is 0 Å². The van der Waals surface area contributed by atoms with Gasteiger partial charge in [0.25, 0.3) is 0 Å². The van der Waals surface area contributed by atoms with E-state index in [0.717, 1.165) is 6.54 Å². The maximum atomic E-state index is 3.60. The lowest BCUT2D eigenvalue weighted by Crippen LogP contribution is -2.42. The second-order valence-corrected chi connectivity index (χ2v) is 5.33. The van der Waals surface area contributed by atoms with Crippen molar-refractivity contribution >= 4 is 21.6 Å². The lowest BCUT2D eigenvalue weighted by molar-refractivity contribution is 0.403. The molecule has 1 aromatic carbocycles. The van der Waals surface area contributed by atoms with Crippen LogP contribution < -0.4 is 10.2 Å². The number of nitrogens with one attached hydrogen (secondary N) is 1.